The molecule has 3 nitrogen and oxygen atoms in total. The van der Waals surface area contributed by atoms with E-state index in [1.54, 1.807) is 10.7 Å². The van der Waals surface area contributed by atoms with Crippen LogP contribution in [0.5, 0.6) is 0 Å². The molecule has 0 bridgehead atoms. The van der Waals surface area contributed by atoms with E-state index in [4.69, 9.17) is 11.6 Å². The Balaban J connectivity index is 2.37. The van der Waals surface area contributed by atoms with Crippen LogP contribution in [0.1, 0.15) is 35.3 Å². The van der Waals surface area contributed by atoms with Crippen LogP contribution in [0.2, 0.25) is 5.15 Å². The van der Waals surface area contributed by atoms with Crippen LogP contribution in [0.4, 0.5) is 4.39 Å². The number of rotatable bonds is 5. The monoisotopic (exact) mass is 309 g/mol. The van der Waals surface area contributed by atoms with Crippen molar-refractivity contribution in [3.63, 3.8) is 0 Å². The summed E-state index contributed by atoms with van der Waals surface area (Å²) in [6, 6.07) is 5.08. The molecule has 2 rings (SSSR count). The second-order valence-corrected chi connectivity index (χ2v) is 5.68. The third-order valence-electron chi connectivity index (χ3n) is 3.66. The highest BCUT2D eigenvalue weighted by Gasteiger charge is 2.20. The van der Waals surface area contributed by atoms with Crippen molar-refractivity contribution >= 4 is 11.6 Å². The van der Waals surface area contributed by atoms with Crippen LogP contribution in [0.25, 0.3) is 0 Å². The lowest BCUT2D eigenvalue weighted by Crippen LogP contribution is -2.24. The van der Waals surface area contributed by atoms with Gasteiger partial charge in [-0.1, -0.05) is 36.2 Å². The average Bonchev–Trinajstić information content (AvgIpc) is 2.67. The highest BCUT2D eigenvalue weighted by atomic mass is 35.5. The maximum atomic E-state index is 14.2. The zero-order chi connectivity index (χ0) is 15.6. The number of nitrogens with one attached hydrogen (secondary N) is 1. The molecule has 21 heavy (non-hydrogen) atoms. The van der Waals surface area contributed by atoms with E-state index in [9.17, 15) is 4.39 Å². The van der Waals surface area contributed by atoms with Gasteiger partial charge in [-0.15, -0.1) is 0 Å². The molecule has 1 atom stereocenters. The largest absolute Gasteiger partial charge is 0.310 e. The summed E-state index contributed by atoms with van der Waals surface area (Å²) in [7, 11) is 1.81. The summed E-state index contributed by atoms with van der Waals surface area (Å²) in [5, 5.41) is 8.28. The van der Waals surface area contributed by atoms with E-state index >= 15 is 0 Å². The first-order chi connectivity index (χ1) is 9.93. The number of nitrogens with zero attached hydrogens (tertiary/aromatic N) is 2. The Labute approximate surface area is 130 Å². The average molecular weight is 310 g/mol. The van der Waals surface area contributed by atoms with Crippen LogP contribution in [-0.2, 0) is 13.5 Å². The van der Waals surface area contributed by atoms with Crippen molar-refractivity contribution in [2.24, 2.45) is 7.05 Å². The molecule has 0 fully saturated rings. The fourth-order valence-electron chi connectivity index (χ4n) is 2.58. The molecule has 114 valence electrons. The van der Waals surface area contributed by atoms with Gasteiger partial charge in [0, 0.05) is 24.2 Å². The molecule has 0 aliphatic carbocycles. The minimum absolute atomic E-state index is 0.115. The Morgan fingerprint density at radius 3 is 2.67 bits per heavy atom. The van der Waals surface area contributed by atoms with Crippen molar-refractivity contribution in [2.45, 2.75) is 33.2 Å². The van der Waals surface area contributed by atoms with Gasteiger partial charge < -0.3 is 5.32 Å². The van der Waals surface area contributed by atoms with Crippen molar-refractivity contribution in [1.82, 2.24) is 15.1 Å². The van der Waals surface area contributed by atoms with Gasteiger partial charge in [-0.2, -0.15) is 5.10 Å². The number of hydrogen-bond acceptors (Lipinski definition) is 2. The molecular weight excluding hydrogens is 289 g/mol. The Bertz CT molecular complexity index is 637. The number of hydrogen-bond donors (Lipinski definition) is 1. The van der Waals surface area contributed by atoms with Crippen LogP contribution in [0, 0.1) is 19.7 Å². The normalized spacial score (nSPS) is 12.7. The Kier molecular flexibility index (Phi) is 5.01. The number of likely N-dealkylation sites (N-methyl/N-ethyl adjacent to an activating group) is 1. The quantitative estimate of drug-likeness (QED) is 0.912. The summed E-state index contributed by atoms with van der Waals surface area (Å²) in [6.07, 6.45) is 0.618. The highest BCUT2D eigenvalue weighted by molar-refractivity contribution is 6.30. The molecule has 0 radical (unpaired) electrons. The summed E-state index contributed by atoms with van der Waals surface area (Å²) in [5.74, 6) is -0.191. The molecule has 1 aromatic carbocycles. The molecule has 0 aliphatic heterocycles. The van der Waals surface area contributed by atoms with Crippen molar-refractivity contribution < 1.29 is 4.39 Å². The second kappa shape index (κ2) is 6.58. The molecule has 0 amide bonds. The maximum Gasteiger partial charge on any atom is 0.130 e. The van der Waals surface area contributed by atoms with Gasteiger partial charge in [-0.05, 0) is 32.9 Å². The topological polar surface area (TPSA) is 29.9 Å². The van der Waals surface area contributed by atoms with E-state index in [0.717, 1.165) is 23.4 Å². The molecule has 0 saturated heterocycles. The van der Waals surface area contributed by atoms with E-state index in [1.165, 1.54) is 6.07 Å². The number of aryl methyl sites for hydroxylation is 3. The van der Waals surface area contributed by atoms with E-state index in [-0.39, 0.29) is 11.9 Å². The highest BCUT2D eigenvalue weighted by Crippen LogP contribution is 2.27. The lowest BCUT2D eigenvalue weighted by Gasteiger charge is -2.19. The van der Waals surface area contributed by atoms with Crippen molar-refractivity contribution in [1.29, 1.82) is 0 Å². The zero-order valence-electron chi connectivity index (χ0n) is 12.9. The van der Waals surface area contributed by atoms with Gasteiger partial charge in [0.25, 0.3) is 0 Å². The fourth-order valence-corrected chi connectivity index (χ4v) is 2.83. The maximum absolute atomic E-state index is 14.2. The van der Waals surface area contributed by atoms with Crippen LogP contribution in [-0.4, -0.2) is 16.3 Å². The van der Waals surface area contributed by atoms with E-state index in [1.807, 2.05) is 33.9 Å². The predicted octanol–water partition coefficient (Wildman–Crippen LogP) is 3.72. The molecule has 0 saturated carbocycles. The second-order valence-electron chi connectivity index (χ2n) is 5.32. The fraction of sp³-hybridized carbons (Fsp3) is 0.438. The van der Waals surface area contributed by atoms with Crippen molar-refractivity contribution in [3.8, 4) is 0 Å². The van der Waals surface area contributed by atoms with Crippen LogP contribution in [0.3, 0.4) is 0 Å². The minimum atomic E-state index is -0.191. The Hall–Kier alpha value is -1.39. The summed E-state index contributed by atoms with van der Waals surface area (Å²) in [5.41, 5.74) is 3.57. The molecule has 1 N–H and O–H groups in total. The molecule has 1 aromatic heterocycles. The molecular formula is C16H21ClFN3. The third-order valence-corrected chi connectivity index (χ3v) is 4.13. The minimum Gasteiger partial charge on any atom is -0.310 e. The molecule has 0 spiro atoms. The van der Waals surface area contributed by atoms with Gasteiger partial charge >= 0.3 is 0 Å². The Morgan fingerprint density at radius 1 is 1.38 bits per heavy atom. The van der Waals surface area contributed by atoms with E-state index in [0.29, 0.717) is 17.1 Å². The van der Waals surface area contributed by atoms with Gasteiger partial charge in [0.15, 0.2) is 0 Å². The van der Waals surface area contributed by atoms with Crippen molar-refractivity contribution in [3.05, 3.63) is 51.6 Å². The number of halogens is 2. The summed E-state index contributed by atoms with van der Waals surface area (Å²) in [4.78, 5) is 0. The van der Waals surface area contributed by atoms with Gasteiger partial charge in [-0.3, -0.25) is 4.68 Å². The zero-order valence-corrected chi connectivity index (χ0v) is 13.6. The van der Waals surface area contributed by atoms with Crippen LogP contribution in [0.15, 0.2) is 18.2 Å². The molecule has 1 heterocycles. The smallest absolute Gasteiger partial charge is 0.130 e. The first-order valence-electron chi connectivity index (χ1n) is 7.11. The van der Waals surface area contributed by atoms with Gasteiger partial charge in [-0.25, -0.2) is 4.39 Å². The molecule has 5 heteroatoms. The summed E-state index contributed by atoms with van der Waals surface area (Å²) < 4.78 is 15.8. The summed E-state index contributed by atoms with van der Waals surface area (Å²) in [6.45, 7) is 6.67. The SMILES string of the molecule is CCNC(Cc1c(C)nn(C)c1Cl)c1cc(C)ccc1F. The lowest BCUT2D eigenvalue weighted by atomic mass is 9.97. The third kappa shape index (κ3) is 3.44. The summed E-state index contributed by atoms with van der Waals surface area (Å²) >= 11 is 6.30. The number of benzene rings is 1. The van der Waals surface area contributed by atoms with Crippen LogP contribution >= 0.6 is 11.6 Å². The standard InChI is InChI=1S/C16H21ClFN3/c1-5-19-15(13-8-10(2)6-7-14(13)18)9-12-11(3)20-21(4)16(12)17/h6-8,15,19H,5,9H2,1-4H3. The Morgan fingerprint density at radius 2 is 2.10 bits per heavy atom. The van der Waals surface area contributed by atoms with Gasteiger partial charge in [0.2, 0.25) is 0 Å². The van der Waals surface area contributed by atoms with E-state index in [2.05, 4.69) is 10.4 Å². The number of aromatic nitrogens is 2. The lowest BCUT2D eigenvalue weighted by molar-refractivity contribution is 0.509. The van der Waals surface area contributed by atoms with Crippen molar-refractivity contribution in [2.75, 3.05) is 6.54 Å². The predicted molar refractivity (Wildman–Crippen MR) is 84.2 cm³/mol. The van der Waals surface area contributed by atoms with Gasteiger partial charge in [0.05, 0.1) is 5.69 Å². The molecule has 2 aromatic rings. The van der Waals surface area contributed by atoms with Gasteiger partial charge in [0.1, 0.15) is 11.0 Å². The molecule has 0 aliphatic rings. The first-order valence-corrected chi connectivity index (χ1v) is 7.49. The molecule has 1 unspecified atom stereocenters. The first kappa shape index (κ1) is 16.0. The van der Waals surface area contributed by atoms with E-state index < -0.39 is 0 Å². The van der Waals surface area contributed by atoms with Crippen LogP contribution < -0.4 is 5.32 Å².